The zero-order valence-electron chi connectivity index (χ0n) is 12.5. The molecule has 0 aromatic carbocycles. The summed E-state index contributed by atoms with van der Waals surface area (Å²) in [6, 6.07) is 0. The van der Waals surface area contributed by atoms with Gasteiger partial charge in [0.05, 0.1) is 0 Å². The molecule has 0 amide bonds. The predicted molar refractivity (Wildman–Crippen MR) is 78.7 cm³/mol. The molecule has 2 heteroatoms. The van der Waals surface area contributed by atoms with Gasteiger partial charge in [-0.1, -0.05) is 32.6 Å². The highest BCUT2D eigenvalue weighted by Gasteiger charge is 2.33. The van der Waals surface area contributed by atoms with Crippen molar-refractivity contribution in [2.24, 2.45) is 17.1 Å². The van der Waals surface area contributed by atoms with E-state index in [0.29, 0.717) is 5.41 Å². The first-order valence-electron chi connectivity index (χ1n) is 7.95. The van der Waals surface area contributed by atoms with Gasteiger partial charge in [0.25, 0.3) is 0 Å². The maximum atomic E-state index is 6.07. The van der Waals surface area contributed by atoms with E-state index in [1.807, 2.05) is 0 Å². The van der Waals surface area contributed by atoms with Crippen molar-refractivity contribution in [2.75, 3.05) is 20.3 Å². The Morgan fingerprint density at radius 3 is 2.44 bits per heavy atom. The molecule has 0 radical (unpaired) electrons. The van der Waals surface area contributed by atoms with Gasteiger partial charge >= 0.3 is 0 Å². The van der Waals surface area contributed by atoms with Gasteiger partial charge in [0, 0.05) is 13.7 Å². The third-order valence-electron chi connectivity index (χ3n) is 4.87. The number of unbranched alkanes of at least 4 members (excludes halogenated alkanes) is 2. The first kappa shape index (κ1) is 16.0. The van der Waals surface area contributed by atoms with Crippen LogP contribution in [0.15, 0.2) is 0 Å². The Kier molecular flexibility index (Phi) is 7.92. The molecule has 1 saturated carbocycles. The monoisotopic (exact) mass is 255 g/mol. The molecule has 0 bridgehead atoms. The number of nitrogens with two attached hydrogens (primary N) is 1. The van der Waals surface area contributed by atoms with Crippen molar-refractivity contribution in [1.29, 1.82) is 0 Å². The van der Waals surface area contributed by atoms with Gasteiger partial charge in [0.1, 0.15) is 0 Å². The van der Waals surface area contributed by atoms with E-state index in [4.69, 9.17) is 10.5 Å². The van der Waals surface area contributed by atoms with Crippen molar-refractivity contribution >= 4 is 0 Å². The summed E-state index contributed by atoms with van der Waals surface area (Å²) in [4.78, 5) is 0. The quantitative estimate of drug-likeness (QED) is 0.629. The highest BCUT2D eigenvalue weighted by Crippen LogP contribution is 2.43. The lowest BCUT2D eigenvalue weighted by Gasteiger charge is -2.40. The first-order chi connectivity index (χ1) is 8.76. The number of methoxy groups -OCH3 is 1. The molecule has 0 aromatic rings. The summed E-state index contributed by atoms with van der Waals surface area (Å²) in [7, 11) is 1.79. The number of rotatable bonds is 9. The lowest BCUT2D eigenvalue weighted by molar-refractivity contribution is 0.127. The van der Waals surface area contributed by atoms with E-state index in [1.165, 1.54) is 64.2 Å². The number of hydrogen-bond donors (Lipinski definition) is 1. The van der Waals surface area contributed by atoms with Crippen LogP contribution in [0.5, 0.6) is 0 Å². The van der Waals surface area contributed by atoms with Crippen LogP contribution in [-0.4, -0.2) is 20.3 Å². The molecule has 2 nitrogen and oxygen atoms in total. The van der Waals surface area contributed by atoms with Crippen molar-refractivity contribution in [3.05, 3.63) is 0 Å². The second kappa shape index (κ2) is 8.92. The Labute approximate surface area is 114 Å². The van der Waals surface area contributed by atoms with E-state index in [9.17, 15) is 0 Å². The summed E-state index contributed by atoms with van der Waals surface area (Å²) < 4.78 is 5.13. The van der Waals surface area contributed by atoms with Gasteiger partial charge < -0.3 is 10.5 Å². The van der Waals surface area contributed by atoms with Gasteiger partial charge in [0.2, 0.25) is 0 Å². The van der Waals surface area contributed by atoms with Crippen molar-refractivity contribution in [3.8, 4) is 0 Å². The van der Waals surface area contributed by atoms with Crippen LogP contribution in [0.1, 0.15) is 71.1 Å². The van der Waals surface area contributed by atoms with Crippen molar-refractivity contribution < 1.29 is 4.74 Å². The molecule has 1 aliphatic carbocycles. The Morgan fingerprint density at radius 1 is 1.17 bits per heavy atom. The van der Waals surface area contributed by atoms with Gasteiger partial charge in [-0.15, -0.1) is 0 Å². The summed E-state index contributed by atoms with van der Waals surface area (Å²) in [5, 5.41) is 0. The molecule has 0 heterocycles. The van der Waals surface area contributed by atoms with Crippen LogP contribution >= 0.6 is 0 Å². The molecular formula is C16H33NO. The Hall–Kier alpha value is -0.0800. The number of ether oxygens (including phenoxy) is 1. The topological polar surface area (TPSA) is 35.2 Å². The fourth-order valence-electron chi connectivity index (χ4n) is 3.37. The molecule has 2 N–H and O–H groups in total. The fourth-order valence-corrected chi connectivity index (χ4v) is 3.37. The summed E-state index contributed by atoms with van der Waals surface area (Å²) >= 11 is 0. The SMILES string of the molecule is CCCCC1CCC(CN)(CCCCOC)CC1. The minimum atomic E-state index is 0.469. The van der Waals surface area contributed by atoms with E-state index in [-0.39, 0.29) is 0 Å². The van der Waals surface area contributed by atoms with Crippen molar-refractivity contribution in [3.63, 3.8) is 0 Å². The average molecular weight is 255 g/mol. The van der Waals surface area contributed by atoms with Crippen LogP contribution in [0.3, 0.4) is 0 Å². The lowest BCUT2D eigenvalue weighted by atomic mass is 9.67. The molecule has 1 aliphatic rings. The second-order valence-corrected chi connectivity index (χ2v) is 6.24. The first-order valence-corrected chi connectivity index (χ1v) is 7.95. The number of hydrogen-bond acceptors (Lipinski definition) is 2. The van der Waals surface area contributed by atoms with Crippen LogP contribution in [0.4, 0.5) is 0 Å². The fraction of sp³-hybridized carbons (Fsp3) is 1.00. The van der Waals surface area contributed by atoms with Gasteiger partial charge in [0.15, 0.2) is 0 Å². The third kappa shape index (κ3) is 5.27. The van der Waals surface area contributed by atoms with Gasteiger partial charge in [-0.2, -0.15) is 0 Å². The maximum Gasteiger partial charge on any atom is 0.0462 e. The zero-order valence-corrected chi connectivity index (χ0v) is 12.5. The molecule has 108 valence electrons. The smallest absolute Gasteiger partial charge is 0.0462 e. The van der Waals surface area contributed by atoms with Gasteiger partial charge in [-0.25, -0.2) is 0 Å². The molecule has 0 unspecified atom stereocenters. The van der Waals surface area contributed by atoms with E-state index in [2.05, 4.69) is 6.92 Å². The molecule has 18 heavy (non-hydrogen) atoms. The highest BCUT2D eigenvalue weighted by atomic mass is 16.5. The zero-order chi connectivity index (χ0) is 13.3. The molecular weight excluding hydrogens is 222 g/mol. The maximum absolute atomic E-state index is 6.07. The molecule has 0 aromatic heterocycles. The lowest BCUT2D eigenvalue weighted by Crippen LogP contribution is -2.35. The molecule has 0 aliphatic heterocycles. The van der Waals surface area contributed by atoms with E-state index in [0.717, 1.165) is 19.1 Å². The van der Waals surface area contributed by atoms with Crippen LogP contribution < -0.4 is 5.73 Å². The molecule has 1 rings (SSSR count). The average Bonchev–Trinajstić information content (AvgIpc) is 2.43. The summed E-state index contributed by atoms with van der Waals surface area (Å²) in [6.07, 6.45) is 13.6. The van der Waals surface area contributed by atoms with Crippen LogP contribution in [0.2, 0.25) is 0 Å². The largest absolute Gasteiger partial charge is 0.385 e. The van der Waals surface area contributed by atoms with Crippen LogP contribution in [0.25, 0.3) is 0 Å². The van der Waals surface area contributed by atoms with E-state index >= 15 is 0 Å². The predicted octanol–water partition coefficient (Wildman–Crippen LogP) is 4.13. The van der Waals surface area contributed by atoms with Crippen LogP contribution in [0, 0.1) is 11.3 Å². The van der Waals surface area contributed by atoms with E-state index < -0.39 is 0 Å². The Balaban J connectivity index is 2.26. The minimum Gasteiger partial charge on any atom is -0.385 e. The summed E-state index contributed by atoms with van der Waals surface area (Å²) in [5.74, 6) is 0.989. The Morgan fingerprint density at radius 2 is 1.89 bits per heavy atom. The summed E-state index contributed by atoms with van der Waals surface area (Å²) in [5.41, 5.74) is 6.54. The summed E-state index contributed by atoms with van der Waals surface area (Å²) in [6.45, 7) is 4.09. The van der Waals surface area contributed by atoms with Crippen molar-refractivity contribution in [2.45, 2.75) is 71.1 Å². The minimum absolute atomic E-state index is 0.469. The van der Waals surface area contributed by atoms with Crippen LogP contribution in [-0.2, 0) is 4.74 Å². The highest BCUT2D eigenvalue weighted by molar-refractivity contribution is 4.86. The standard InChI is InChI=1S/C16H33NO/c1-3-4-7-15-8-11-16(14-17,12-9-15)10-5-6-13-18-2/h15H,3-14,17H2,1-2H3. The normalized spacial score (nSPS) is 28.5. The second-order valence-electron chi connectivity index (χ2n) is 6.24. The molecule has 0 saturated heterocycles. The van der Waals surface area contributed by atoms with Crippen molar-refractivity contribution in [1.82, 2.24) is 0 Å². The van der Waals surface area contributed by atoms with Gasteiger partial charge in [-0.3, -0.25) is 0 Å². The molecule has 0 spiro atoms. The Bertz CT molecular complexity index is 197. The molecule has 1 fully saturated rings. The van der Waals surface area contributed by atoms with E-state index in [1.54, 1.807) is 7.11 Å². The molecule has 0 atom stereocenters. The third-order valence-corrected chi connectivity index (χ3v) is 4.87. The van der Waals surface area contributed by atoms with Gasteiger partial charge in [-0.05, 0) is 56.4 Å².